The Balaban J connectivity index is 2.30. The monoisotopic (exact) mass is 330 g/mol. The van der Waals surface area contributed by atoms with Gasteiger partial charge in [-0.15, -0.1) is 0 Å². The summed E-state index contributed by atoms with van der Waals surface area (Å²) in [6.45, 7) is -0.648. The first-order valence-corrected chi connectivity index (χ1v) is 7.59. The summed E-state index contributed by atoms with van der Waals surface area (Å²) in [5.41, 5.74) is 3.67. The number of hydrazone groups is 1. The predicted molar refractivity (Wildman–Crippen MR) is 87.1 cm³/mol. The van der Waals surface area contributed by atoms with Crippen LogP contribution in [0.2, 0.25) is 0 Å². The molecule has 0 heterocycles. The molecule has 0 fully saturated rings. The zero-order chi connectivity index (χ0) is 15.7. The fourth-order valence-electron chi connectivity index (χ4n) is 1.35. The Morgan fingerprint density at radius 2 is 1.95 bits per heavy atom. The van der Waals surface area contributed by atoms with Crippen molar-refractivity contribution in [1.82, 2.24) is 5.43 Å². The van der Waals surface area contributed by atoms with Crippen LogP contribution in [0.1, 0.15) is 5.56 Å². The average molecular weight is 330 g/mol. The number of thioether (sulfide) groups is 1. The second-order valence-electron chi connectivity index (χ2n) is 4.18. The van der Waals surface area contributed by atoms with Crippen molar-refractivity contribution in [3.8, 4) is 0 Å². The highest BCUT2D eigenvalue weighted by Crippen LogP contribution is 2.12. The van der Waals surface area contributed by atoms with Crippen molar-refractivity contribution in [2.45, 2.75) is 24.1 Å². The van der Waals surface area contributed by atoms with Gasteiger partial charge in [0.2, 0.25) is 0 Å². The highest BCUT2D eigenvalue weighted by molar-refractivity contribution is 8.22. The van der Waals surface area contributed by atoms with E-state index in [9.17, 15) is 10.2 Å². The Hall–Kier alpha value is -1.03. The summed E-state index contributed by atoms with van der Waals surface area (Å²) in [5, 5.41) is 40.3. The van der Waals surface area contributed by atoms with Gasteiger partial charge in [-0.1, -0.05) is 54.3 Å². The van der Waals surface area contributed by atoms with Crippen LogP contribution in [0.25, 0.3) is 0 Å². The molecule has 0 radical (unpaired) electrons. The van der Waals surface area contributed by atoms with E-state index in [1.54, 1.807) is 0 Å². The topological polar surface area (TPSA) is 105 Å². The third kappa shape index (κ3) is 6.98. The lowest BCUT2D eigenvalue weighted by molar-refractivity contribution is -0.0542. The second-order valence-corrected chi connectivity index (χ2v) is 5.84. The number of benzene rings is 1. The third-order valence-electron chi connectivity index (χ3n) is 2.53. The van der Waals surface area contributed by atoms with Crippen LogP contribution < -0.4 is 5.43 Å². The molecule has 1 rings (SSSR count). The Labute approximate surface area is 132 Å². The van der Waals surface area contributed by atoms with Crippen molar-refractivity contribution in [1.29, 1.82) is 0 Å². The molecule has 6 nitrogen and oxygen atoms in total. The molecule has 0 amide bonds. The molecule has 0 saturated carbocycles. The molecular formula is C13H18N2O4S2. The van der Waals surface area contributed by atoms with Gasteiger partial charge in [-0.25, -0.2) is 0 Å². The standard InChI is InChI=1S/C13H18N2O4S2/c16-7-11(18)12(19)10(17)6-14-15-13(20)21-8-9-4-2-1-3-5-9/h1-6,10-12,16-19H,7-8H2,(H,15,20)/b14-6+/t10-,11-,12+/m0/s1. The minimum atomic E-state index is -1.51. The largest absolute Gasteiger partial charge is 0.394 e. The number of aliphatic hydroxyl groups excluding tert-OH is 4. The molecule has 0 aliphatic heterocycles. The smallest absolute Gasteiger partial charge is 0.154 e. The first-order chi connectivity index (χ1) is 10.0. The van der Waals surface area contributed by atoms with E-state index in [1.165, 1.54) is 11.8 Å². The highest BCUT2D eigenvalue weighted by Gasteiger charge is 2.22. The minimum Gasteiger partial charge on any atom is -0.394 e. The van der Waals surface area contributed by atoms with Crippen molar-refractivity contribution in [2.75, 3.05) is 6.61 Å². The summed E-state index contributed by atoms with van der Waals surface area (Å²) < 4.78 is 0.416. The quantitative estimate of drug-likeness (QED) is 0.269. The lowest BCUT2D eigenvalue weighted by atomic mass is 10.1. The van der Waals surface area contributed by atoms with E-state index in [0.29, 0.717) is 10.1 Å². The number of thiocarbonyl (C=S) groups is 1. The molecule has 0 aliphatic carbocycles. The van der Waals surface area contributed by atoms with Gasteiger partial charge in [0, 0.05) is 5.75 Å². The number of nitrogens with one attached hydrogen (secondary N) is 1. The van der Waals surface area contributed by atoms with E-state index in [4.69, 9.17) is 22.4 Å². The van der Waals surface area contributed by atoms with Gasteiger partial charge in [0.05, 0.1) is 12.8 Å². The molecule has 0 bridgehead atoms. The maximum Gasteiger partial charge on any atom is 0.154 e. The SMILES string of the molecule is OC[C@H](O)[C@H](O)[C@@H](O)/C=N/NC(=S)SCc1ccccc1. The molecule has 0 unspecified atom stereocenters. The molecule has 116 valence electrons. The highest BCUT2D eigenvalue weighted by atomic mass is 32.2. The molecule has 1 aromatic carbocycles. The van der Waals surface area contributed by atoms with Crippen molar-refractivity contribution in [3.05, 3.63) is 35.9 Å². The second kappa shape index (κ2) is 9.82. The van der Waals surface area contributed by atoms with Gasteiger partial charge in [-0.3, -0.25) is 5.43 Å². The Morgan fingerprint density at radius 1 is 1.29 bits per heavy atom. The molecule has 0 spiro atoms. The zero-order valence-corrected chi connectivity index (χ0v) is 12.8. The van der Waals surface area contributed by atoms with E-state index in [1.807, 2.05) is 30.3 Å². The summed E-state index contributed by atoms with van der Waals surface area (Å²) in [5.74, 6) is 0.691. The molecule has 8 heteroatoms. The van der Waals surface area contributed by atoms with E-state index >= 15 is 0 Å². The summed E-state index contributed by atoms with van der Waals surface area (Å²) in [4.78, 5) is 0. The molecule has 1 aromatic rings. The van der Waals surface area contributed by atoms with E-state index in [0.717, 1.165) is 11.8 Å². The van der Waals surface area contributed by atoms with Gasteiger partial charge < -0.3 is 20.4 Å². The van der Waals surface area contributed by atoms with Crippen LogP contribution in [0, 0.1) is 0 Å². The maximum absolute atomic E-state index is 9.48. The first-order valence-electron chi connectivity index (χ1n) is 6.19. The molecule has 0 aromatic heterocycles. The summed E-state index contributed by atoms with van der Waals surface area (Å²) >= 11 is 6.42. The van der Waals surface area contributed by atoms with Crippen molar-refractivity contribution >= 4 is 34.5 Å². The molecule has 5 N–H and O–H groups in total. The minimum absolute atomic E-state index is 0.416. The van der Waals surface area contributed by atoms with Crippen LogP contribution in [0.3, 0.4) is 0 Å². The van der Waals surface area contributed by atoms with Crippen molar-refractivity contribution in [3.63, 3.8) is 0 Å². The normalized spacial score (nSPS) is 15.6. The molecule has 21 heavy (non-hydrogen) atoms. The van der Waals surface area contributed by atoms with Crippen LogP contribution >= 0.6 is 24.0 Å². The zero-order valence-electron chi connectivity index (χ0n) is 11.2. The lowest BCUT2D eigenvalue weighted by Gasteiger charge is -2.18. The van der Waals surface area contributed by atoms with Gasteiger partial charge in [0.25, 0.3) is 0 Å². The molecular weight excluding hydrogens is 312 g/mol. The maximum atomic E-state index is 9.48. The first kappa shape index (κ1) is 18.0. The van der Waals surface area contributed by atoms with Gasteiger partial charge >= 0.3 is 0 Å². The Kier molecular flexibility index (Phi) is 8.43. The number of aliphatic hydroxyl groups is 4. The predicted octanol–water partition coefficient (Wildman–Crippen LogP) is -0.145. The molecule has 3 atom stereocenters. The Bertz CT molecular complexity index is 459. The molecule has 0 aliphatic rings. The van der Waals surface area contributed by atoms with E-state index in [2.05, 4.69) is 10.5 Å². The van der Waals surface area contributed by atoms with Crippen LogP contribution in [0.5, 0.6) is 0 Å². The summed E-state index contributed by atoms with van der Waals surface area (Å²) in [6, 6.07) is 9.77. The van der Waals surface area contributed by atoms with Gasteiger partial charge in [0.15, 0.2) is 4.32 Å². The third-order valence-corrected chi connectivity index (χ3v) is 3.80. The number of hydrogen-bond acceptors (Lipinski definition) is 7. The van der Waals surface area contributed by atoms with Crippen molar-refractivity contribution < 1.29 is 20.4 Å². The average Bonchev–Trinajstić information content (AvgIpc) is 2.52. The molecule has 0 saturated heterocycles. The van der Waals surface area contributed by atoms with Crippen LogP contribution in [0.15, 0.2) is 35.4 Å². The van der Waals surface area contributed by atoms with Crippen LogP contribution in [0.4, 0.5) is 0 Å². The lowest BCUT2D eigenvalue weighted by Crippen LogP contribution is -2.40. The van der Waals surface area contributed by atoms with Gasteiger partial charge in [-0.05, 0) is 5.56 Å². The van der Waals surface area contributed by atoms with Crippen LogP contribution in [-0.4, -0.2) is 55.9 Å². The Morgan fingerprint density at radius 3 is 2.57 bits per heavy atom. The number of rotatable bonds is 7. The number of hydrogen-bond donors (Lipinski definition) is 5. The summed E-state index contributed by atoms with van der Waals surface area (Å²) in [7, 11) is 0. The van der Waals surface area contributed by atoms with Crippen molar-refractivity contribution in [2.24, 2.45) is 5.10 Å². The fourth-order valence-corrected chi connectivity index (χ4v) is 2.18. The van der Waals surface area contributed by atoms with Gasteiger partial charge in [-0.2, -0.15) is 5.10 Å². The van der Waals surface area contributed by atoms with Gasteiger partial charge in [0.1, 0.15) is 18.3 Å². The number of nitrogens with zero attached hydrogens (tertiary/aromatic N) is 1. The summed E-state index contributed by atoms with van der Waals surface area (Å²) in [6.07, 6.45) is -3.32. The van der Waals surface area contributed by atoms with E-state index in [-0.39, 0.29) is 0 Å². The fraction of sp³-hybridized carbons (Fsp3) is 0.385. The van der Waals surface area contributed by atoms with E-state index < -0.39 is 24.9 Å². The van der Waals surface area contributed by atoms with Crippen LogP contribution in [-0.2, 0) is 5.75 Å².